The summed E-state index contributed by atoms with van der Waals surface area (Å²) < 4.78 is 31.1. The van der Waals surface area contributed by atoms with Crippen LogP contribution in [0.4, 0.5) is 17.1 Å². The van der Waals surface area contributed by atoms with Gasteiger partial charge in [0.15, 0.2) is 0 Å². The number of anilines is 3. The molecule has 1 N–H and O–H groups in total. The fraction of sp³-hybridized carbons (Fsp3) is 0.350. The highest BCUT2D eigenvalue weighted by Gasteiger charge is 2.28. The van der Waals surface area contributed by atoms with E-state index in [0.29, 0.717) is 48.1 Å². The van der Waals surface area contributed by atoms with Crippen molar-refractivity contribution in [3.8, 4) is 0 Å². The van der Waals surface area contributed by atoms with Gasteiger partial charge in [0, 0.05) is 30.2 Å². The fourth-order valence-corrected chi connectivity index (χ4v) is 5.34. The molecule has 2 aromatic rings. The molecule has 2 aliphatic rings. The Balaban J connectivity index is 1.59. The molecule has 2 aromatic carbocycles. The summed E-state index contributed by atoms with van der Waals surface area (Å²) in [5, 5.41) is 3.45. The van der Waals surface area contributed by atoms with Crippen molar-refractivity contribution in [1.82, 2.24) is 0 Å². The third kappa shape index (κ3) is 4.34. The summed E-state index contributed by atoms with van der Waals surface area (Å²) in [5.74, 6) is -0.185. The first kappa shape index (κ1) is 20.0. The van der Waals surface area contributed by atoms with Gasteiger partial charge in [0.25, 0.3) is 5.91 Å². The Bertz CT molecular complexity index is 1020. The summed E-state index contributed by atoms with van der Waals surface area (Å²) >= 11 is 6.16. The lowest BCUT2D eigenvalue weighted by Gasteiger charge is -2.30. The SMILES string of the molecule is O=C(Nc1cc(Cl)ccc1N1CCOCC1)c1cccc(N2CCCS2(=O)=O)c1. The summed E-state index contributed by atoms with van der Waals surface area (Å²) in [6.07, 6.45) is 0.587. The predicted molar refractivity (Wildman–Crippen MR) is 115 cm³/mol. The van der Waals surface area contributed by atoms with E-state index < -0.39 is 10.0 Å². The molecule has 0 atom stereocenters. The highest BCUT2D eigenvalue weighted by atomic mass is 35.5. The molecule has 2 aliphatic heterocycles. The van der Waals surface area contributed by atoms with Crippen LogP contribution < -0.4 is 14.5 Å². The maximum atomic E-state index is 12.9. The number of hydrogen-bond donors (Lipinski definition) is 1. The summed E-state index contributed by atoms with van der Waals surface area (Å²) in [6, 6.07) is 12.1. The molecule has 4 rings (SSSR count). The average Bonchev–Trinajstić information content (AvgIpc) is 3.08. The molecule has 0 radical (unpaired) electrons. The lowest BCUT2D eigenvalue weighted by molar-refractivity contribution is 0.102. The smallest absolute Gasteiger partial charge is 0.255 e. The standard InChI is InChI=1S/C20H22ClN3O4S/c21-16-5-6-19(23-8-10-28-11-9-23)18(14-16)22-20(25)15-3-1-4-17(13-15)24-7-2-12-29(24,26)27/h1,3-6,13-14H,2,7-12H2,(H,22,25). The molecule has 0 unspecified atom stereocenters. The zero-order chi connectivity index (χ0) is 20.4. The second-order valence-corrected chi connectivity index (χ2v) is 9.46. The lowest BCUT2D eigenvalue weighted by Crippen LogP contribution is -2.36. The van der Waals surface area contributed by atoms with Gasteiger partial charge in [-0.05, 0) is 42.8 Å². The number of amides is 1. The van der Waals surface area contributed by atoms with Crippen LogP contribution in [0.15, 0.2) is 42.5 Å². The average molecular weight is 436 g/mol. The normalized spacial score (nSPS) is 18.7. The van der Waals surface area contributed by atoms with Crippen LogP contribution >= 0.6 is 11.6 Å². The first-order valence-electron chi connectivity index (χ1n) is 9.48. The van der Waals surface area contributed by atoms with Crippen LogP contribution in [0.5, 0.6) is 0 Å². The summed E-state index contributed by atoms with van der Waals surface area (Å²) in [6.45, 7) is 3.15. The molecule has 2 fully saturated rings. The molecule has 0 spiro atoms. The molecule has 0 saturated carbocycles. The molecular weight excluding hydrogens is 414 g/mol. The Kier molecular flexibility index (Phi) is 5.67. The number of ether oxygens (including phenoxy) is 1. The first-order chi connectivity index (χ1) is 13.9. The first-order valence-corrected chi connectivity index (χ1v) is 11.5. The highest BCUT2D eigenvalue weighted by Crippen LogP contribution is 2.31. The maximum absolute atomic E-state index is 12.9. The number of halogens is 1. The fourth-order valence-electron chi connectivity index (χ4n) is 3.61. The number of rotatable bonds is 4. The number of hydrogen-bond acceptors (Lipinski definition) is 5. The Morgan fingerprint density at radius 2 is 1.86 bits per heavy atom. The van der Waals surface area contributed by atoms with E-state index in [2.05, 4.69) is 10.2 Å². The van der Waals surface area contributed by atoms with Crippen molar-refractivity contribution in [2.75, 3.05) is 53.1 Å². The Morgan fingerprint density at radius 3 is 2.59 bits per heavy atom. The number of benzene rings is 2. The Morgan fingerprint density at radius 1 is 1.07 bits per heavy atom. The van der Waals surface area contributed by atoms with Gasteiger partial charge in [0.1, 0.15) is 0 Å². The van der Waals surface area contributed by atoms with E-state index in [1.165, 1.54) is 4.31 Å². The maximum Gasteiger partial charge on any atom is 0.255 e. The van der Waals surface area contributed by atoms with Gasteiger partial charge in [-0.1, -0.05) is 17.7 Å². The number of carbonyl (C=O) groups excluding carboxylic acids is 1. The van der Waals surface area contributed by atoms with Crippen molar-refractivity contribution in [2.24, 2.45) is 0 Å². The zero-order valence-corrected chi connectivity index (χ0v) is 17.4. The van der Waals surface area contributed by atoms with Crippen LogP contribution in [0.1, 0.15) is 16.8 Å². The minimum absolute atomic E-state index is 0.134. The summed E-state index contributed by atoms with van der Waals surface area (Å²) in [7, 11) is -3.30. The van der Waals surface area contributed by atoms with Crippen LogP contribution in [0.2, 0.25) is 5.02 Å². The van der Waals surface area contributed by atoms with Crippen molar-refractivity contribution < 1.29 is 17.9 Å². The molecule has 0 bridgehead atoms. The monoisotopic (exact) mass is 435 g/mol. The van der Waals surface area contributed by atoms with E-state index in [4.69, 9.17) is 16.3 Å². The largest absolute Gasteiger partial charge is 0.378 e. The Hall–Kier alpha value is -2.29. The molecule has 2 saturated heterocycles. The molecule has 154 valence electrons. The van der Waals surface area contributed by atoms with E-state index in [9.17, 15) is 13.2 Å². The van der Waals surface area contributed by atoms with Gasteiger partial charge in [0.05, 0.1) is 36.0 Å². The second-order valence-electron chi connectivity index (χ2n) is 7.01. The lowest BCUT2D eigenvalue weighted by atomic mass is 10.1. The minimum atomic E-state index is -3.30. The zero-order valence-electron chi connectivity index (χ0n) is 15.8. The molecular formula is C20H22ClN3O4S. The van der Waals surface area contributed by atoms with Gasteiger partial charge in [-0.3, -0.25) is 9.10 Å². The molecule has 0 aromatic heterocycles. The van der Waals surface area contributed by atoms with Gasteiger partial charge < -0.3 is 15.0 Å². The quantitative estimate of drug-likeness (QED) is 0.798. The van der Waals surface area contributed by atoms with Gasteiger partial charge in [-0.25, -0.2) is 8.42 Å². The van der Waals surface area contributed by atoms with Crippen molar-refractivity contribution in [2.45, 2.75) is 6.42 Å². The van der Waals surface area contributed by atoms with E-state index in [1.54, 1.807) is 36.4 Å². The highest BCUT2D eigenvalue weighted by molar-refractivity contribution is 7.93. The van der Waals surface area contributed by atoms with Crippen molar-refractivity contribution >= 4 is 44.6 Å². The van der Waals surface area contributed by atoms with E-state index >= 15 is 0 Å². The van der Waals surface area contributed by atoms with Crippen molar-refractivity contribution in [1.29, 1.82) is 0 Å². The van der Waals surface area contributed by atoms with Gasteiger partial charge in [-0.15, -0.1) is 0 Å². The van der Waals surface area contributed by atoms with E-state index in [1.807, 2.05) is 6.07 Å². The third-order valence-corrected chi connectivity index (χ3v) is 7.16. The number of sulfonamides is 1. The number of morpholine rings is 1. The van der Waals surface area contributed by atoms with Crippen molar-refractivity contribution in [3.05, 3.63) is 53.1 Å². The third-order valence-electron chi connectivity index (χ3n) is 5.05. The summed E-state index contributed by atoms with van der Waals surface area (Å²) in [5.41, 5.74) is 2.39. The van der Waals surface area contributed by atoms with Crippen LogP contribution in [0.25, 0.3) is 0 Å². The molecule has 9 heteroatoms. The predicted octanol–water partition coefficient (Wildman–Crippen LogP) is 2.97. The van der Waals surface area contributed by atoms with E-state index in [0.717, 1.165) is 18.8 Å². The number of carbonyl (C=O) groups is 1. The molecule has 7 nitrogen and oxygen atoms in total. The second kappa shape index (κ2) is 8.22. The van der Waals surface area contributed by atoms with Crippen LogP contribution in [0.3, 0.4) is 0 Å². The molecule has 1 amide bonds. The molecule has 2 heterocycles. The topological polar surface area (TPSA) is 79.0 Å². The van der Waals surface area contributed by atoms with Crippen LogP contribution in [-0.4, -0.2) is 52.9 Å². The number of nitrogens with one attached hydrogen (secondary N) is 1. The van der Waals surface area contributed by atoms with Gasteiger partial charge >= 0.3 is 0 Å². The Labute approximate surface area is 175 Å². The summed E-state index contributed by atoms with van der Waals surface area (Å²) in [4.78, 5) is 15.1. The minimum Gasteiger partial charge on any atom is -0.378 e. The van der Waals surface area contributed by atoms with Gasteiger partial charge in [0.2, 0.25) is 10.0 Å². The van der Waals surface area contributed by atoms with Gasteiger partial charge in [-0.2, -0.15) is 0 Å². The van der Waals surface area contributed by atoms with E-state index in [-0.39, 0.29) is 11.7 Å². The molecule has 29 heavy (non-hydrogen) atoms. The number of nitrogens with zero attached hydrogens (tertiary/aromatic N) is 2. The molecule has 0 aliphatic carbocycles. The van der Waals surface area contributed by atoms with Crippen LogP contribution in [0, 0.1) is 0 Å². The van der Waals surface area contributed by atoms with Crippen molar-refractivity contribution in [3.63, 3.8) is 0 Å². The van der Waals surface area contributed by atoms with Crippen LogP contribution in [-0.2, 0) is 14.8 Å².